The Kier molecular flexibility index (Phi) is 4.60. The summed E-state index contributed by atoms with van der Waals surface area (Å²) >= 11 is 0. The number of hydrogen-bond acceptors (Lipinski definition) is 5. The highest BCUT2D eigenvalue weighted by molar-refractivity contribution is 5.96. The van der Waals surface area contributed by atoms with Crippen LogP contribution < -0.4 is 5.32 Å². The van der Waals surface area contributed by atoms with Gasteiger partial charge in [0.05, 0.1) is 22.9 Å². The monoisotopic (exact) mass is 441 g/mol. The van der Waals surface area contributed by atoms with Gasteiger partial charge in [-0.3, -0.25) is 14.9 Å². The molecule has 8 nitrogen and oxygen atoms in total. The summed E-state index contributed by atoms with van der Waals surface area (Å²) in [7, 11) is 0. The third kappa shape index (κ3) is 3.51. The Labute approximate surface area is 187 Å². The molecule has 6 rings (SSSR count). The number of carbonyl (C=O) groups excluding carboxylic acids is 1. The van der Waals surface area contributed by atoms with Crippen LogP contribution in [0.3, 0.4) is 0 Å². The number of benzene rings is 1. The number of carbonyl (C=O) groups is 1. The number of hydrogen-bond donors (Lipinski definition) is 3. The number of nitrogens with one attached hydrogen (secondary N) is 3. The number of aromatic amines is 2. The van der Waals surface area contributed by atoms with Gasteiger partial charge in [0.1, 0.15) is 11.5 Å². The fourth-order valence-electron chi connectivity index (χ4n) is 4.48. The minimum Gasteiger partial charge on any atom is -0.335 e. The van der Waals surface area contributed by atoms with Gasteiger partial charge in [0.2, 0.25) is 5.91 Å². The van der Waals surface area contributed by atoms with Crippen LogP contribution in [0.5, 0.6) is 0 Å². The minimum atomic E-state index is -0.412. The lowest BCUT2D eigenvalue weighted by Crippen LogP contribution is -2.20. The average Bonchev–Trinajstić information content (AvgIpc) is 3.57. The second-order valence-corrected chi connectivity index (χ2v) is 8.34. The number of aromatic nitrogens is 6. The Balaban J connectivity index is 1.38. The second kappa shape index (κ2) is 7.77. The predicted octanol–water partition coefficient (Wildman–Crippen LogP) is 4.83. The van der Waals surface area contributed by atoms with Gasteiger partial charge in [-0.2, -0.15) is 5.10 Å². The molecule has 1 aromatic carbocycles. The van der Waals surface area contributed by atoms with Crippen molar-refractivity contribution in [3.05, 3.63) is 54.7 Å². The number of halogens is 1. The van der Waals surface area contributed by atoms with Crippen LogP contribution in [0.4, 0.5) is 10.1 Å². The third-order valence-electron chi connectivity index (χ3n) is 6.17. The summed E-state index contributed by atoms with van der Waals surface area (Å²) < 4.78 is 15.0. The summed E-state index contributed by atoms with van der Waals surface area (Å²) in [5, 5.41) is 10.9. The summed E-state index contributed by atoms with van der Waals surface area (Å²) in [4.78, 5) is 28.7. The Bertz CT molecular complexity index is 1470. The molecule has 4 aromatic heterocycles. The summed E-state index contributed by atoms with van der Waals surface area (Å²) in [5.74, 6) is 0.166. The molecule has 1 fully saturated rings. The molecule has 0 bridgehead atoms. The number of amides is 1. The van der Waals surface area contributed by atoms with Gasteiger partial charge in [0.25, 0.3) is 0 Å². The normalized spacial score (nSPS) is 14.3. The van der Waals surface area contributed by atoms with Gasteiger partial charge >= 0.3 is 0 Å². The molecule has 4 heterocycles. The van der Waals surface area contributed by atoms with E-state index in [1.807, 2.05) is 12.1 Å². The van der Waals surface area contributed by atoms with E-state index in [1.165, 1.54) is 6.07 Å². The number of anilines is 1. The number of fused-ring (bicyclic) bond motifs is 2. The first-order chi connectivity index (χ1) is 16.2. The van der Waals surface area contributed by atoms with E-state index in [2.05, 4.69) is 35.5 Å². The molecule has 164 valence electrons. The fraction of sp³-hybridized carbons (Fsp3) is 0.208. The van der Waals surface area contributed by atoms with E-state index in [0.717, 1.165) is 31.2 Å². The number of pyridine rings is 2. The molecule has 0 unspecified atom stereocenters. The molecule has 1 amide bonds. The molecule has 0 aliphatic heterocycles. The van der Waals surface area contributed by atoms with Crippen LogP contribution in [-0.2, 0) is 4.79 Å². The highest BCUT2D eigenvalue weighted by Crippen LogP contribution is 2.33. The van der Waals surface area contributed by atoms with E-state index in [-0.39, 0.29) is 11.8 Å². The van der Waals surface area contributed by atoms with Gasteiger partial charge < -0.3 is 10.3 Å². The molecule has 0 radical (unpaired) electrons. The molecule has 1 aliphatic carbocycles. The van der Waals surface area contributed by atoms with Crippen LogP contribution in [0.1, 0.15) is 25.7 Å². The van der Waals surface area contributed by atoms with Gasteiger partial charge in [-0.15, -0.1) is 0 Å². The standard InChI is InChI=1S/C24H20FN7O/c25-18-10-20-17(21(32-31-20)23-29-19-6-3-7-27-22(19)30-23)9-16(18)14-8-15(12-26-11-14)28-24(33)13-4-1-2-5-13/h3,6-13H,1-2,4-5H2,(H,28,33)(H,31,32)(H,27,29,30). The Morgan fingerprint density at radius 1 is 1.12 bits per heavy atom. The lowest BCUT2D eigenvalue weighted by Gasteiger charge is -2.11. The molecule has 33 heavy (non-hydrogen) atoms. The van der Waals surface area contributed by atoms with Crippen molar-refractivity contribution in [1.82, 2.24) is 30.1 Å². The van der Waals surface area contributed by atoms with Crippen LogP contribution >= 0.6 is 0 Å². The zero-order valence-corrected chi connectivity index (χ0v) is 17.6. The van der Waals surface area contributed by atoms with Gasteiger partial charge in [-0.25, -0.2) is 14.4 Å². The fourth-order valence-corrected chi connectivity index (χ4v) is 4.48. The predicted molar refractivity (Wildman–Crippen MR) is 123 cm³/mol. The van der Waals surface area contributed by atoms with Crippen molar-refractivity contribution < 1.29 is 9.18 Å². The topological polar surface area (TPSA) is 112 Å². The Morgan fingerprint density at radius 3 is 2.85 bits per heavy atom. The molecule has 0 spiro atoms. The summed E-state index contributed by atoms with van der Waals surface area (Å²) in [5.41, 5.74) is 3.99. The van der Waals surface area contributed by atoms with Gasteiger partial charge in [-0.1, -0.05) is 12.8 Å². The molecule has 0 saturated heterocycles. The van der Waals surface area contributed by atoms with E-state index < -0.39 is 5.82 Å². The van der Waals surface area contributed by atoms with Crippen molar-refractivity contribution in [3.8, 4) is 22.6 Å². The van der Waals surface area contributed by atoms with E-state index in [0.29, 0.717) is 44.9 Å². The lowest BCUT2D eigenvalue weighted by atomic mass is 10.0. The first kappa shape index (κ1) is 19.5. The highest BCUT2D eigenvalue weighted by Gasteiger charge is 2.23. The smallest absolute Gasteiger partial charge is 0.227 e. The van der Waals surface area contributed by atoms with Crippen LogP contribution in [0.25, 0.3) is 44.7 Å². The second-order valence-electron chi connectivity index (χ2n) is 8.34. The zero-order valence-electron chi connectivity index (χ0n) is 17.6. The summed E-state index contributed by atoms with van der Waals surface area (Å²) in [6, 6.07) is 8.59. The molecular weight excluding hydrogens is 421 g/mol. The van der Waals surface area contributed by atoms with E-state index >= 15 is 4.39 Å². The first-order valence-electron chi connectivity index (χ1n) is 10.9. The van der Waals surface area contributed by atoms with E-state index in [1.54, 1.807) is 30.7 Å². The minimum absolute atomic E-state index is 0.00186. The van der Waals surface area contributed by atoms with E-state index in [9.17, 15) is 4.79 Å². The van der Waals surface area contributed by atoms with Gasteiger partial charge in [0, 0.05) is 40.9 Å². The SMILES string of the molecule is O=C(Nc1cncc(-c2cc3c(-c4nc5ncccc5[nH]4)n[nH]c3cc2F)c1)C1CCCC1. The van der Waals surface area contributed by atoms with Crippen molar-refractivity contribution in [2.75, 3.05) is 5.32 Å². The molecule has 3 N–H and O–H groups in total. The first-order valence-corrected chi connectivity index (χ1v) is 10.9. The van der Waals surface area contributed by atoms with Crippen LogP contribution in [0, 0.1) is 11.7 Å². The third-order valence-corrected chi connectivity index (χ3v) is 6.17. The lowest BCUT2D eigenvalue weighted by molar-refractivity contribution is -0.119. The Hall–Kier alpha value is -4.14. The van der Waals surface area contributed by atoms with Gasteiger partial charge in [0.15, 0.2) is 11.5 Å². The summed E-state index contributed by atoms with van der Waals surface area (Å²) in [6.45, 7) is 0. The maximum atomic E-state index is 15.0. The Morgan fingerprint density at radius 2 is 2.00 bits per heavy atom. The van der Waals surface area contributed by atoms with Crippen molar-refractivity contribution in [3.63, 3.8) is 0 Å². The summed E-state index contributed by atoms with van der Waals surface area (Å²) in [6.07, 6.45) is 8.81. The molecule has 1 saturated carbocycles. The average molecular weight is 441 g/mol. The zero-order chi connectivity index (χ0) is 22.4. The number of H-pyrrole nitrogens is 2. The van der Waals surface area contributed by atoms with Crippen molar-refractivity contribution in [2.24, 2.45) is 5.92 Å². The highest BCUT2D eigenvalue weighted by atomic mass is 19.1. The molecule has 9 heteroatoms. The maximum Gasteiger partial charge on any atom is 0.227 e. The van der Waals surface area contributed by atoms with Gasteiger partial charge in [-0.05, 0) is 37.1 Å². The molecular formula is C24H20FN7O. The van der Waals surface area contributed by atoms with E-state index in [4.69, 9.17) is 0 Å². The van der Waals surface area contributed by atoms with Crippen molar-refractivity contribution >= 4 is 33.7 Å². The van der Waals surface area contributed by atoms with Crippen LogP contribution in [-0.4, -0.2) is 36.0 Å². The number of nitrogens with zero attached hydrogens (tertiary/aromatic N) is 4. The molecule has 1 aliphatic rings. The number of rotatable bonds is 4. The quantitative estimate of drug-likeness (QED) is 0.370. The largest absolute Gasteiger partial charge is 0.335 e. The van der Waals surface area contributed by atoms with Crippen molar-refractivity contribution in [2.45, 2.75) is 25.7 Å². The van der Waals surface area contributed by atoms with Crippen LogP contribution in [0.15, 0.2) is 48.9 Å². The maximum absolute atomic E-state index is 15.0. The number of imidazole rings is 1. The van der Waals surface area contributed by atoms with Crippen LogP contribution in [0.2, 0.25) is 0 Å². The molecule has 5 aromatic rings. The molecule has 0 atom stereocenters. The van der Waals surface area contributed by atoms with Crippen molar-refractivity contribution in [1.29, 1.82) is 0 Å².